The summed E-state index contributed by atoms with van der Waals surface area (Å²) in [5.74, 6) is -0.725. The van der Waals surface area contributed by atoms with Crippen molar-refractivity contribution in [1.29, 1.82) is 0 Å². The van der Waals surface area contributed by atoms with Crippen molar-refractivity contribution in [1.82, 2.24) is 9.80 Å². The number of carbonyl (C=O) groups excluding carboxylic acids is 3. The molecule has 2 saturated heterocycles. The Hall–Kier alpha value is -3.66. The first kappa shape index (κ1) is 23.5. The van der Waals surface area contributed by atoms with Gasteiger partial charge in [-0.15, -0.1) is 0 Å². The summed E-state index contributed by atoms with van der Waals surface area (Å²) in [5.41, 5.74) is 1.00. The molecule has 2 heterocycles. The second-order valence-electron chi connectivity index (χ2n) is 7.97. The molecule has 2 aliphatic rings. The van der Waals surface area contributed by atoms with E-state index in [9.17, 15) is 24.5 Å². The van der Waals surface area contributed by atoms with Gasteiger partial charge in [-0.2, -0.15) is 0 Å². The Balaban J connectivity index is 1.47. The van der Waals surface area contributed by atoms with E-state index in [2.05, 4.69) is 0 Å². The fraction of sp³-hybridized carbons (Fsp3) is 0.292. The number of carbonyl (C=O) groups is 3. The first-order chi connectivity index (χ1) is 16.4. The predicted molar refractivity (Wildman–Crippen MR) is 127 cm³/mol. The lowest BCUT2D eigenvalue weighted by atomic mass is 10.1. The van der Waals surface area contributed by atoms with Crippen LogP contribution in [0.15, 0.2) is 53.4 Å². The summed E-state index contributed by atoms with van der Waals surface area (Å²) in [7, 11) is 0. The average molecular weight is 482 g/mol. The molecule has 4 rings (SSSR count). The van der Waals surface area contributed by atoms with Gasteiger partial charge in [0.15, 0.2) is 5.75 Å². The summed E-state index contributed by atoms with van der Waals surface area (Å²) in [5, 5.41) is 11.1. The van der Waals surface area contributed by atoms with Crippen LogP contribution in [0.1, 0.15) is 30.4 Å². The van der Waals surface area contributed by atoms with Crippen LogP contribution in [0.5, 0.6) is 5.75 Å². The fourth-order valence-electron chi connectivity index (χ4n) is 3.79. The third-order valence-electron chi connectivity index (χ3n) is 5.59. The number of hydrogen-bond acceptors (Lipinski definition) is 7. The van der Waals surface area contributed by atoms with E-state index >= 15 is 0 Å². The van der Waals surface area contributed by atoms with Crippen molar-refractivity contribution in [3.8, 4) is 5.75 Å². The van der Waals surface area contributed by atoms with Crippen LogP contribution in [0.4, 0.5) is 10.5 Å². The number of rotatable bonds is 7. The minimum absolute atomic E-state index is 0.103. The van der Waals surface area contributed by atoms with E-state index in [0.29, 0.717) is 18.7 Å². The number of benzene rings is 2. The number of amides is 3. The molecule has 9 nitrogen and oxygen atoms in total. The van der Waals surface area contributed by atoms with Gasteiger partial charge in [-0.05, 0) is 54.3 Å². The lowest BCUT2D eigenvalue weighted by Crippen LogP contribution is -2.44. The largest absolute Gasteiger partial charge is 0.482 e. The van der Waals surface area contributed by atoms with Crippen LogP contribution in [-0.4, -0.2) is 51.4 Å². The zero-order valence-electron chi connectivity index (χ0n) is 18.3. The minimum Gasteiger partial charge on any atom is -0.482 e. The van der Waals surface area contributed by atoms with Crippen LogP contribution in [0.3, 0.4) is 0 Å². The van der Waals surface area contributed by atoms with Gasteiger partial charge in [-0.1, -0.05) is 36.4 Å². The molecule has 0 N–H and O–H groups in total. The van der Waals surface area contributed by atoms with Crippen molar-refractivity contribution >= 4 is 40.6 Å². The van der Waals surface area contributed by atoms with Gasteiger partial charge in [-0.3, -0.25) is 29.4 Å². The first-order valence-electron chi connectivity index (χ1n) is 10.9. The van der Waals surface area contributed by atoms with Crippen LogP contribution < -0.4 is 4.74 Å². The fourth-order valence-corrected chi connectivity index (χ4v) is 4.63. The van der Waals surface area contributed by atoms with Crippen LogP contribution in [0.2, 0.25) is 0 Å². The summed E-state index contributed by atoms with van der Waals surface area (Å²) in [4.78, 5) is 51.4. The van der Waals surface area contributed by atoms with E-state index in [1.807, 2.05) is 30.3 Å². The minimum atomic E-state index is -0.576. The van der Waals surface area contributed by atoms with Gasteiger partial charge in [0.2, 0.25) is 5.91 Å². The van der Waals surface area contributed by atoms with E-state index in [1.54, 1.807) is 11.0 Å². The number of thioether (sulfide) groups is 1. The van der Waals surface area contributed by atoms with Crippen molar-refractivity contribution in [3.63, 3.8) is 0 Å². The first-order valence-corrected chi connectivity index (χ1v) is 11.7. The van der Waals surface area contributed by atoms with Crippen LogP contribution >= 0.6 is 11.8 Å². The molecule has 0 unspecified atom stereocenters. The van der Waals surface area contributed by atoms with Gasteiger partial charge in [0, 0.05) is 19.2 Å². The Labute approximate surface area is 200 Å². The molecule has 0 saturated carbocycles. The summed E-state index contributed by atoms with van der Waals surface area (Å²) < 4.78 is 5.63. The Morgan fingerprint density at radius 2 is 1.82 bits per heavy atom. The maximum atomic E-state index is 12.8. The SMILES string of the molecule is O=C(CN1C(=O)SC(=Cc2ccc(OCc3ccccc3)c([N+](=O)[O-])c2)C1=O)N1CCCCC1. The second kappa shape index (κ2) is 10.5. The van der Waals surface area contributed by atoms with Crippen molar-refractivity contribution in [2.45, 2.75) is 25.9 Å². The number of nitro benzene ring substituents is 1. The van der Waals surface area contributed by atoms with E-state index < -0.39 is 16.1 Å². The molecule has 0 bridgehead atoms. The topological polar surface area (TPSA) is 110 Å². The van der Waals surface area contributed by atoms with Crippen LogP contribution in [-0.2, 0) is 16.2 Å². The number of hydrogen-bond donors (Lipinski definition) is 0. The molecule has 2 aliphatic heterocycles. The predicted octanol–water partition coefficient (Wildman–Crippen LogP) is 4.22. The monoisotopic (exact) mass is 481 g/mol. The quantitative estimate of drug-likeness (QED) is 0.331. The normalized spacial score (nSPS) is 17.4. The molecule has 0 radical (unpaired) electrons. The molecule has 2 fully saturated rings. The number of ether oxygens (including phenoxy) is 1. The molecule has 10 heteroatoms. The van der Waals surface area contributed by atoms with Gasteiger partial charge in [0.05, 0.1) is 9.83 Å². The highest BCUT2D eigenvalue weighted by molar-refractivity contribution is 8.18. The maximum absolute atomic E-state index is 12.8. The van der Waals surface area contributed by atoms with E-state index in [0.717, 1.165) is 41.5 Å². The molecule has 0 aromatic heterocycles. The van der Waals surface area contributed by atoms with Crippen molar-refractivity contribution in [3.05, 3.63) is 74.7 Å². The molecule has 0 aliphatic carbocycles. The van der Waals surface area contributed by atoms with Gasteiger partial charge < -0.3 is 9.64 Å². The molecule has 34 heavy (non-hydrogen) atoms. The van der Waals surface area contributed by atoms with Gasteiger partial charge in [0.1, 0.15) is 13.2 Å². The molecular formula is C24H23N3O6S. The summed E-state index contributed by atoms with van der Waals surface area (Å²) >= 11 is 0.718. The van der Waals surface area contributed by atoms with Crippen LogP contribution in [0, 0.1) is 10.1 Å². The number of nitro groups is 1. The van der Waals surface area contributed by atoms with Gasteiger partial charge >= 0.3 is 5.69 Å². The van der Waals surface area contributed by atoms with E-state index in [4.69, 9.17) is 4.74 Å². The number of imide groups is 1. The summed E-state index contributed by atoms with van der Waals surface area (Å²) in [6.07, 6.45) is 4.31. The van der Waals surface area contributed by atoms with E-state index in [-0.39, 0.29) is 35.4 Å². The van der Waals surface area contributed by atoms with Crippen LogP contribution in [0.25, 0.3) is 6.08 Å². The molecule has 0 spiro atoms. The lowest BCUT2D eigenvalue weighted by molar-refractivity contribution is -0.386. The van der Waals surface area contributed by atoms with Crippen molar-refractivity contribution < 1.29 is 24.0 Å². The third kappa shape index (κ3) is 5.45. The molecule has 2 aromatic rings. The standard InChI is InChI=1S/C24H23N3O6S/c28-22(25-11-5-2-6-12-25)15-26-23(29)21(34-24(26)30)14-18-9-10-20(19(13-18)27(31)32)33-16-17-7-3-1-4-8-17/h1,3-4,7-10,13-14H,2,5-6,11-12,15-16H2. The highest BCUT2D eigenvalue weighted by Gasteiger charge is 2.37. The molecular weight excluding hydrogens is 458 g/mol. The maximum Gasteiger partial charge on any atom is 0.311 e. The zero-order valence-corrected chi connectivity index (χ0v) is 19.2. The Morgan fingerprint density at radius 3 is 2.53 bits per heavy atom. The number of piperidine rings is 1. The van der Waals surface area contributed by atoms with Crippen molar-refractivity contribution in [2.75, 3.05) is 19.6 Å². The Bertz CT molecular complexity index is 1140. The molecule has 2 aromatic carbocycles. The second-order valence-corrected chi connectivity index (χ2v) is 8.96. The summed E-state index contributed by atoms with van der Waals surface area (Å²) in [6.45, 7) is 1.14. The molecule has 3 amide bonds. The highest BCUT2D eigenvalue weighted by Crippen LogP contribution is 2.34. The highest BCUT2D eigenvalue weighted by atomic mass is 32.2. The Kier molecular flexibility index (Phi) is 7.27. The summed E-state index contributed by atoms with van der Waals surface area (Å²) in [6, 6.07) is 13.6. The Morgan fingerprint density at radius 1 is 1.09 bits per heavy atom. The number of nitrogens with zero attached hydrogens (tertiary/aromatic N) is 3. The van der Waals surface area contributed by atoms with Gasteiger partial charge in [-0.25, -0.2) is 0 Å². The van der Waals surface area contributed by atoms with Gasteiger partial charge in [0.25, 0.3) is 11.1 Å². The molecule has 0 atom stereocenters. The van der Waals surface area contributed by atoms with E-state index in [1.165, 1.54) is 18.2 Å². The smallest absolute Gasteiger partial charge is 0.311 e. The average Bonchev–Trinajstić information content (AvgIpc) is 3.11. The third-order valence-corrected chi connectivity index (χ3v) is 6.50. The number of likely N-dealkylation sites (tertiary alicyclic amines) is 1. The zero-order chi connectivity index (χ0) is 24.1. The van der Waals surface area contributed by atoms with Crippen molar-refractivity contribution in [2.24, 2.45) is 0 Å². The molecule has 176 valence electrons. The lowest BCUT2D eigenvalue weighted by Gasteiger charge is -2.27.